The molecule has 0 saturated carbocycles. The summed E-state index contributed by atoms with van der Waals surface area (Å²) in [5.41, 5.74) is 0. The summed E-state index contributed by atoms with van der Waals surface area (Å²) in [6, 6.07) is 4.06. The first-order chi connectivity index (χ1) is 7.75. The van der Waals surface area contributed by atoms with Crippen molar-refractivity contribution in [2.45, 2.75) is 32.6 Å². The van der Waals surface area contributed by atoms with E-state index >= 15 is 0 Å². The van der Waals surface area contributed by atoms with E-state index in [1.807, 2.05) is 22.4 Å². The highest BCUT2D eigenvalue weighted by molar-refractivity contribution is 7.10. The van der Waals surface area contributed by atoms with E-state index in [4.69, 9.17) is 0 Å². The minimum atomic E-state index is 0.302. The van der Waals surface area contributed by atoms with Crippen LogP contribution in [0.1, 0.15) is 31.1 Å². The molecule has 0 aromatic carbocycles. The first-order valence-corrected chi connectivity index (χ1v) is 6.94. The van der Waals surface area contributed by atoms with Gasteiger partial charge in [0.05, 0.1) is 6.42 Å². The van der Waals surface area contributed by atoms with Crippen LogP contribution in [0, 0.1) is 5.92 Å². The van der Waals surface area contributed by atoms with E-state index in [0.29, 0.717) is 12.3 Å². The molecule has 1 aromatic rings. The number of nitrogens with zero attached hydrogens (tertiary/aromatic N) is 1. The van der Waals surface area contributed by atoms with Crippen molar-refractivity contribution < 1.29 is 4.79 Å². The molecular weight excluding hydrogens is 218 g/mol. The lowest BCUT2D eigenvalue weighted by molar-refractivity contribution is -0.130. The third-order valence-electron chi connectivity index (χ3n) is 3.28. The molecule has 0 radical (unpaired) electrons. The van der Waals surface area contributed by atoms with Crippen LogP contribution in [0.4, 0.5) is 0 Å². The minimum absolute atomic E-state index is 0.302. The highest BCUT2D eigenvalue weighted by Gasteiger charge is 2.18. The third-order valence-corrected chi connectivity index (χ3v) is 4.15. The molecule has 0 bridgehead atoms. The Morgan fingerprint density at radius 2 is 2.38 bits per heavy atom. The number of rotatable bonds is 2. The second kappa shape index (κ2) is 5.48. The van der Waals surface area contributed by atoms with E-state index in [0.717, 1.165) is 31.8 Å². The largest absolute Gasteiger partial charge is 0.342 e. The highest BCUT2D eigenvalue weighted by Crippen LogP contribution is 2.18. The molecule has 0 aliphatic carbocycles. The Kier molecular flexibility index (Phi) is 3.99. The normalized spacial score (nSPS) is 21.8. The van der Waals surface area contributed by atoms with Crippen molar-refractivity contribution in [1.29, 1.82) is 0 Å². The Morgan fingerprint density at radius 3 is 3.12 bits per heavy atom. The van der Waals surface area contributed by atoms with Gasteiger partial charge in [-0.2, -0.15) is 0 Å². The maximum absolute atomic E-state index is 12.1. The molecule has 0 N–H and O–H groups in total. The molecule has 1 saturated heterocycles. The van der Waals surface area contributed by atoms with Gasteiger partial charge in [-0.25, -0.2) is 0 Å². The van der Waals surface area contributed by atoms with Crippen LogP contribution in [0.2, 0.25) is 0 Å². The maximum Gasteiger partial charge on any atom is 0.227 e. The van der Waals surface area contributed by atoms with Crippen LogP contribution >= 0.6 is 11.3 Å². The molecule has 3 heteroatoms. The van der Waals surface area contributed by atoms with E-state index in [-0.39, 0.29) is 0 Å². The van der Waals surface area contributed by atoms with Gasteiger partial charge in [0.1, 0.15) is 0 Å². The summed E-state index contributed by atoms with van der Waals surface area (Å²) in [4.78, 5) is 15.3. The zero-order chi connectivity index (χ0) is 11.4. The molecule has 1 fully saturated rings. The Morgan fingerprint density at radius 1 is 1.50 bits per heavy atom. The van der Waals surface area contributed by atoms with Crippen LogP contribution in [0.15, 0.2) is 17.5 Å². The summed E-state index contributed by atoms with van der Waals surface area (Å²) < 4.78 is 0. The van der Waals surface area contributed by atoms with Crippen molar-refractivity contribution in [3.05, 3.63) is 22.4 Å². The van der Waals surface area contributed by atoms with Crippen molar-refractivity contribution in [3.63, 3.8) is 0 Å². The van der Waals surface area contributed by atoms with Gasteiger partial charge in [-0.15, -0.1) is 11.3 Å². The predicted molar refractivity (Wildman–Crippen MR) is 67.6 cm³/mol. The molecule has 1 unspecified atom stereocenters. The first-order valence-electron chi connectivity index (χ1n) is 6.06. The number of hydrogen-bond donors (Lipinski definition) is 0. The zero-order valence-corrected chi connectivity index (χ0v) is 10.6. The SMILES string of the molecule is CC1CCCN(C(=O)Cc2cccs2)CC1. The van der Waals surface area contributed by atoms with Gasteiger partial charge in [0.2, 0.25) is 5.91 Å². The van der Waals surface area contributed by atoms with Crippen molar-refractivity contribution in [1.82, 2.24) is 4.90 Å². The average Bonchev–Trinajstić information content (AvgIpc) is 2.66. The summed E-state index contributed by atoms with van der Waals surface area (Å²) in [5.74, 6) is 1.08. The van der Waals surface area contributed by atoms with Gasteiger partial charge < -0.3 is 4.90 Å². The number of thiophene rings is 1. The van der Waals surface area contributed by atoms with Gasteiger partial charge in [-0.05, 0) is 36.6 Å². The third kappa shape index (κ3) is 3.08. The van der Waals surface area contributed by atoms with Crippen LogP contribution < -0.4 is 0 Å². The van der Waals surface area contributed by atoms with Crippen molar-refractivity contribution in [2.75, 3.05) is 13.1 Å². The molecule has 2 heterocycles. The summed E-state index contributed by atoms with van der Waals surface area (Å²) in [5, 5.41) is 2.03. The van der Waals surface area contributed by atoms with Crippen molar-refractivity contribution >= 4 is 17.2 Å². The minimum Gasteiger partial charge on any atom is -0.342 e. The topological polar surface area (TPSA) is 20.3 Å². The first kappa shape index (κ1) is 11.6. The second-order valence-electron chi connectivity index (χ2n) is 4.67. The van der Waals surface area contributed by atoms with E-state index in [1.54, 1.807) is 11.3 Å². The average molecular weight is 237 g/mol. The maximum atomic E-state index is 12.1. The van der Waals surface area contributed by atoms with Crippen molar-refractivity contribution in [3.8, 4) is 0 Å². The fourth-order valence-corrected chi connectivity index (χ4v) is 2.88. The van der Waals surface area contributed by atoms with Crippen LogP contribution in [0.3, 0.4) is 0 Å². The Labute approximate surface area is 101 Å². The van der Waals surface area contributed by atoms with Gasteiger partial charge in [-0.3, -0.25) is 4.79 Å². The van der Waals surface area contributed by atoms with Crippen molar-refractivity contribution in [2.24, 2.45) is 5.92 Å². The fourth-order valence-electron chi connectivity index (χ4n) is 2.19. The fraction of sp³-hybridized carbons (Fsp3) is 0.615. The van der Waals surface area contributed by atoms with E-state index in [9.17, 15) is 4.79 Å². The molecule has 88 valence electrons. The molecule has 16 heavy (non-hydrogen) atoms. The molecule has 2 nitrogen and oxygen atoms in total. The lowest BCUT2D eigenvalue weighted by Gasteiger charge is -2.20. The Balaban J connectivity index is 1.89. The van der Waals surface area contributed by atoms with Crippen LogP contribution in [0.25, 0.3) is 0 Å². The number of amides is 1. The van der Waals surface area contributed by atoms with Crippen LogP contribution in [-0.2, 0) is 11.2 Å². The van der Waals surface area contributed by atoms with E-state index < -0.39 is 0 Å². The summed E-state index contributed by atoms with van der Waals surface area (Å²) in [6.07, 6.45) is 4.18. The Bertz CT molecular complexity index is 334. The number of carbonyl (C=O) groups excluding carboxylic acids is 1. The van der Waals surface area contributed by atoms with Gasteiger partial charge in [0.15, 0.2) is 0 Å². The molecule has 1 aliphatic rings. The highest BCUT2D eigenvalue weighted by atomic mass is 32.1. The quantitative estimate of drug-likeness (QED) is 0.774. The Hall–Kier alpha value is -0.830. The van der Waals surface area contributed by atoms with E-state index in [1.165, 1.54) is 11.3 Å². The number of likely N-dealkylation sites (tertiary alicyclic amines) is 1. The lowest BCUT2D eigenvalue weighted by atomic mass is 10.0. The van der Waals surface area contributed by atoms with Crippen LogP contribution in [-0.4, -0.2) is 23.9 Å². The lowest BCUT2D eigenvalue weighted by Crippen LogP contribution is -2.33. The zero-order valence-electron chi connectivity index (χ0n) is 9.82. The molecule has 1 aliphatic heterocycles. The molecule has 1 aromatic heterocycles. The second-order valence-corrected chi connectivity index (χ2v) is 5.71. The molecule has 1 amide bonds. The monoisotopic (exact) mass is 237 g/mol. The molecular formula is C13H19NOS. The molecule has 1 atom stereocenters. The summed E-state index contributed by atoms with van der Waals surface area (Å²) >= 11 is 1.67. The molecule has 2 rings (SSSR count). The number of carbonyl (C=O) groups is 1. The molecule has 0 spiro atoms. The van der Waals surface area contributed by atoms with E-state index in [2.05, 4.69) is 6.92 Å². The van der Waals surface area contributed by atoms with Gasteiger partial charge >= 0.3 is 0 Å². The van der Waals surface area contributed by atoms with Crippen LogP contribution in [0.5, 0.6) is 0 Å². The van der Waals surface area contributed by atoms with Gasteiger partial charge in [0.25, 0.3) is 0 Å². The predicted octanol–water partition coefficient (Wildman–Crippen LogP) is 2.94. The van der Waals surface area contributed by atoms with Gasteiger partial charge in [-0.1, -0.05) is 13.0 Å². The smallest absolute Gasteiger partial charge is 0.227 e. The summed E-state index contributed by atoms with van der Waals surface area (Å²) in [6.45, 7) is 4.19. The van der Waals surface area contributed by atoms with Gasteiger partial charge in [0, 0.05) is 18.0 Å². The number of hydrogen-bond acceptors (Lipinski definition) is 2. The summed E-state index contributed by atoms with van der Waals surface area (Å²) in [7, 11) is 0. The standard InChI is InChI=1S/C13H19NOS/c1-11-4-2-7-14(8-6-11)13(15)10-12-5-3-9-16-12/h3,5,9,11H,2,4,6-8,10H2,1H3.